The van der Waals surface area contributed by atoms with Crippen molar-refractivity contribution in [3.8, 4) is 0 Å². The van der Waals surface area contributed by atoms with E-state index in [0.29, 0.717) is 12.1 Å². The minimum atomic E-state index is -4.10. The van der Waals surface area contributed by atoms with Gasteiger partial charge in [-0.25, -0.2) is 8.42 Å². The van der Waals surface area contributed by atoms with E-state index in [0.717, 1.165) is 33.0 Å². The van der Waals surface area contributed by atoms with Gasteiger partial charge in [0.2, 0.25) is 11.8 Å². The number of hydrogen-bond donors (Lipinski definition) is 1. The summed E-state index contributed by atoms with van der Waals surface area (Å²) in [6.45, 7) is 11.2. The van der Waals surface area contributed by atoms with Gasteiger partial charge >= 0.3 is 0 Å². The lowest BCUT2D eigenvalue weighted by atomic mass is 10.1. The number of anilines is 1. The van der Waals surface area contributed by atoms with Crippen LogP contribution < -0.4 is 9.62 Å². The van der Waals surface area contributed by atoms with Gasteiger partial charge in [-0.3, -0.25) is 13.9 Å². The molecular formula is C32H41N3O4S. The number of nitrogens with zero attached hydrogens (tertiary/aromatic N) is 2. The van der Waals surface area contributed by atoms with E-state index in [2.05, 4.69) is 5.32 Å². The van der Waals surface area contributed by atoms with Gasteiger partial charge in [0, 0.05) is 12.6 Å². The molecular weight excluding hydrogens is 522 g/mol. The Morgan fingerprint density at radius 3 is 1.98 bits per heavy atom. The third-order valence-corrected chi connectivity index (χ3v) is 8.75. The van der Waals surface area contributed by atoms with Gasteiger partial charge in [-0.1, -0.05) is 67.9 Å². The second-order valence-corrected chi connectivity index (χ2v) is 12.3. The minimum absolute atomic E-state index is 0.0519. The van der Waals surface area contributed by atoms with Crippen LogP contribution in [-0.2, 0) is 26.2 Å². The van der Waals surface area contributed by atoms with Gasteiger partial charge in [-0.2, -0.15) is 0 Å². The zero-order valence-electron chi connectivity index (χ0n) is 24.3. The van der Waals surface area contributed by atoms with E-state index in [1.807, 2.05) is 77.9 Å². The van der Waals surface area contributed by atoms with Crippen molar-refractivity contribution in [1.29, 1.82) is 0 Å². The highest BCUT2D eigenvalue weighted by Gasteiger charge is 2.34. The van der Waals surface area contributed by atoms with Gasteiger partial charge in [-0.15, -0.1) is 0 Å². The Bertz CT molecular complexity index is 1390. The van der Waals surface area contributed by atoms with Crippen molar-refractivity contribution in [1.82, 2.24) is 10.2 Å². The molecule has 0 bridgehead atoms. The Balaban J connectivity index is 2.08. The highest BCUT2D eigenvalue weighted by atomic mass is 32.2. The van der Waals surface area contributed by atoms with E-state index in [1.54, 1.807) is 36.4 Å². The molecule has 3 aromatic carbocycles. The number of hydrogen-bond acceptors (Lipinski definition) is 4. The van der Waals surface area contributed by atoms with E-state index in [4.69, 9.17) is 0 Å². The summed E-state index contributed by atoms with van der Waals surface area (Å²) in [5.41, 5.74) is 3.95. The Hall–Kier alpha value is -3.65. The van der Waals surface area contributed by atoms with E-state index in [1.165, 1.54) is 4.90 Å². The average molecular weight is 564 g/mol. The molecule has 8 heteroatoms. The Labute approximate surface area is 239 Å². The Kier molecular flexibility index (Phi) is 10.5. The first-order valence-corrected chi connectivity index (χ1v) is 15.2. The Morgan fingerprint density at radius 2 is 1.43 bits per heavy atom. The summed E-state index contributed by atoms with van der Waals surface area (Å²) >= 11 is 0. The van der Waals surface area contributed by atoms with Crippen molar-refractivity contribution in [3.63, 3.8) is 0 Å². The van der Waals surface area contributed by atoms with Crippen LogP contribution in [0.2, 0.25) is 0 Å². The molecule has 0 aliphatic heterocycles. The third-order valence-electron chi connectivity index (χ3n) is 6.96. The summed E-state index contributed by atoms with van der Waals surface area (Å²) in [5.74, 6) is -0.703. The lowest BCUT2D eigenvalue weighted by Gasteiger charge is -2.34. The third kappa shape index (κ3) is 7.72. The standard InChI is InChI=1S/C32H41N3O4S/c1-7-26(6)33-32(37)30(8-2)34(21-27-12-10-9-11-13-27)31(36)22-35(28-19-24(4)18-25(5)20-28)40(38,39)29-16-14-23(3)15-17-29/h9-20,26,30H,7-8,21-22H2,1-6H3,(H,33,37). The van der Waals surface area contributed by atoms with Gasteiger partial charge in [0.1, 0.15) is 12.6 Å². The van der Waals surface area contributed by atoms with Crippen LogP contribution in [-0.4, -0.2) is 43.8 Å². The fourth-order valence-corrected chi connectivity index (χ4v) is 6.00. The Morgan fingerprint density at radius 1 is 0.825 bits per heavy atom. The maximum absolute atomic E-state index is 14.1. The first kappa shape index (κ1) is 30.9. The maximum atomic E-state index is 14.1. The predicted molar refractivity (Wildman–Crippen MR) is 161 cm³/mol. The number of sulfonamides is 1. The van der Waals surface area contributed by atoms with E-state index in [9.17, 15) is 18.0 Å². The predicted octanol–water partition coefficient (Wildman–Crippen LogP) is 5.53. The van der Waals surface area contributed by atoms with Gasteiger partial charge in [0.05, 0.1) is 10.6 Å². The molecule has 0 aromatic heterocycles. The number of amides is 2. The van der Waals surface area contributed by atoms with Gasteiger partial charge in [-0.05, 0) is 81.5 Å². The van der Waals surface area contributed by atoms with Crippen LogP contribution in [0.15, 0.2) is 77.7 Å². The fourth-order valence-electron chi connectivity index (χ4n) is 4.60. The molecule has 214 valence electrons. The number of aryl methyl sites for hydroxylation is 3. The van der Waals surface area contributed by atoms with E-state index < -0.39 is 28.5 Å². The van der Waals surface area contributed by atoms with Crippen molar-refractivity contribution in [2.24, 2.45) is 0 Å². The summed E-state index contributed by atoms with van der Waals surface area (Å²) < 4.78 is 29.2. The largest absolute Gasteiger partial charge is 0.352 e. The minimum Gasteiger partial charge on any atom is -0.352 e. The molecule has 0 radical (unpaired) electrons. The van der Waals surface area contributed by atoms with E-state index >= 15 is 0 Å². The number of nitrogens with one attached hydrogen (secondary N) is 1. The zero-order valence-corrected chi connectivity index (χ0v) is 25.2. The number of benzene rings is 3. The molecule has 1 N–H and O–H groups in total. The smallest absolute Gasteiger partial charge is 0.264 e. The molecule has 0 aliphatic rings. The summed E-state index contributed by atoms with van der Waals surface area (Å²) in [7, 11) is -4.10. The molecule has 2 unspecified atom stereocenters. The molecule has 0 saturated carbocycles. The molecule has 7 nitrogen and oxygen atoms in total. The van der Waals surface area contributed by atoms with Crippen molar-refractivity contribution in [2.75, 3.05) is 10.8 Å². The van der Waals surface area contributed by atoms with Crippen LogP contribution in [0.25, 0.3) is 0 Å². The van der Waals surface area contributed by atoms with Crippen LogP contribution in [0.1, 0.15) is 55.9 Å². The molecule has 0 heterocycles. The molecule has 40 heavy (non-hydrogen) atoms. The molecule has 3 rings (SSSR count). The maximum Gasteiger partial charge on any atom is 0.264 e. The summed E-state index contributed by atoms with van der Waals surface area (Å²) in [6.07, 6.45) is 1.14. The fraction of sp³-hybridized carbons (Fsp3) is 0.375. The van der Waals surface area contributed by atoms with Crippen LogP contribution in [0, 0.1) is 20.8 Å². The van der Waals surface area contributed by atoms with Crippen molar-refractivity contribution in [2.45, 2.75) is 77.9 Å². The lowest BCUT2D eigenvalue weighted by Crippen LogP contribution is -2.53. The molecule has 0 fully saturated rings. The lowest BCUT2D eigenvalue weighted by molar-refractivity contribution is -0.140. The van der Waals surface area contributed by atoms with Gasteiger partial charge < -0.3 is 10.2 Å². The molecule has 2 amide bonds. The highest BCUT2D eigenvalue weighted by Crippen LogP contribution is 2.27. The molecule has 0 spiro atoms. The zero-order chi connectivity index (χ0) is 29.4. The second-order valence-electron chi connectivity index (χ2n) is 10.4. The highest BCUT2D eigenvalue weighted by molar-refractivity contribution is 7.92. The van der Waals surface area contributed by atoms with Crippen molar-refractivity contribution in [3.05, 3.63) is 95.1 Å². The van der Waals surface area contributed by atoms with E-state index in [-0.39, 0.29) is 23.4 Å². The quantitative estimate of drug-likeness (QED) is 0.314. The summed E-state index contributed by atoms with van der Waals surface area (Å²) in [6, 6.07) is 20.7. The van der Waals surface area contributed by atoms with Crippen LogP contribution in [0.4, 0.5) is 5.69 Å². The van der Waals surface area contributed by atoms with Crippen LogP contribution in [0.5, 0.6) is 0 Å². The average Bonchev–Trinajstić information content (AvgIpc) is 2.91. The van der Waals surface area contributed by atoms with Crippen LogP contribution in [0.3, 0.4) is 0 Å². The number of carbonyl (C=O) groups excluding carboxylic acids is 2. The summed E-state index contributed by atoms with van der Waals surface area (Å²) in [5, 5.41) is 3.00. The van der Waals surface area contributed by atoms with Crippen LogP contribution >= 0.6 is 0 Å². The van der Waals surface area contributed by atoms with Gasteiger partial charge in [0.25, 0.3) is 10.0 Å². The molecule has 2 atom stereocenters. The molecule has 3 aromatic rings. The number of rotatable bonds is 12. The number of carbonyl (C=O) groups is 2. The summed E-state index contributed by atoms with van der Waals surface area (Å²) in [4.78, 5) is 29.1. The first-order chi connectivity index (χ1) is 19.0. The SMILES string of the molecule is CCC(C)NC(=O)C(CC)N(Cc1ccccc1)C(=O)CN(c1cc(C)cc(C)c1)S(=O)(=O)c1ccc(C)cc1. The topological polar surface area (TPSA) is 86.8 Å². The first-order valence-electron chi connectivity index (χ1n) is 13.8. The normalized spacial score (nSPS) is 12.8. The van der Waals surface area contributed by atoms with Crippen molar-refractivity contribution >= 4 is 27.5 Å². The molecule has 0 aliphatic carbocycles. The van der Waals surface area contributed by atoms with Gasteiger partial charge in [0.15, 0.2) is 0 Å². The second kappa shape index (κ2) is 13.6. The molecule has 0 saturated heterocycles. The van der Waals surface area contributed by atoms with Crippen molar-refractivity contribution < 1.29 is 18.0 Å². The monoisotopic (exact) mass is 563 g/mol.